The molecule has 1 saturated carbocycles. The van der Waals surface area contributed by atoms with E-state index < -0.39 is 27.3 Å². The van der Waals surface area contributed by atoms with Crippen LogP contribution in [0.5, 0.6) is 0 Å². The lowest BCUT2D eigenvalue weighted by atomic mass is 9.93. The highest BCUT2D eigenvalue weighted by Crippen LogP contribution is 2.50. The smallest absolute Gasteiger partial charge is 0.338 e. The zero-order valence-corrected chi connectivity index (χ0v) is 32.7. The van der Waals surface area contributed by atoms with E-state index in [1.807, 2.05) is 37.8 Å². The van der Waals surface area contributed by atoms with Gasteiger partial charge in [-0.15, -0.1) is 0 Å². The fourth-order valence-corrected chi connectivity index (χ4v) is 6.66. The molecule has 2 N–H and O–H groups in total. The Morgan fingerprint density at radius 3 is 2.14 bits per heavy atom. The summed E-state index contributed by atoms with van der Waals surface area (Å²) in [5, 5.41) is 2.95. The van der Waals surface area contributed by atoms with Crippen LogP contribution in [0.4, 0.5) is 17.1 Å². The molecule has 0 radical (unpaired) electrons. The number of benzene rings is 2. The molecule has 10 nitrogen and oxygen atoms in total. The van der Waals surface area contributed by atoms with Crippen LogP contribution < -0.4 is 14.9 Å². The van der Waals surface area contributed by atoms with E-state index >= 15 is 0 Å². The van der Waals surface area contributed by atoms with E-state index in [4.69, 9.17) is 16.3 Å². The van der Waals surface area contributed by atoms with Crippen molar-refractivity contribution in [2.75, 3.05) is 42.7 Å². The first-order valence-corrected chi connectivity index (χ1v) is 20.8. The number of aliphatic imine (C=N–C) groups is 1. The number of ketones is 1. The number of aryl methyl sites for hydroxylation is 1. The van der Waals surface area contributed by atoms with Gasteiger partial charge < -0.3 is 15.0 Å². The van der Waals surface area contributed by atoms with Crippen molar-refractivity contribution in [3.8, 4) is 0 Å². The number of esters is 1. The molecule has 2 aromatic carbocycles. The summed E-state index contributed by atoms with van der Waals surface area (Å²) in [7, 11) is -3.30. The minimum atomic E-state index is -3.30. The molecule has 51 heavy (non-hydrogen) atoms. The van der Waals surface area contributed by atoms with Gasteiger partial charge in [0.05, 0.1) is 34.8 Å². The number of Topliss-reactive ketones (excluding diaryl/α,β-unsaturated/α-hetero) is 1. The average Bonchev–Trinajstić information content (AvgIpc) is 3.90. The maximum Gasteiger partial charge on any atom is 0.338 e. The Morgan fingerprint density at radius 1 is 0.922 bits per heavy atom. The molecule has 1 fully saturated rings. The molecule has 2 aromatic rings. The van der Waals surface area contributed by atoms with Crippen LogP contribution in [0.2, 0.25) is 5.02 Å². The monoisotopic (exact) mass is 744 g/mol. The number of hydrogen-bond donors (Lipinski definition) is 2. The van der Waals surface area contributed by atoms with Crippen molar-refractivity contribution in [3.63, 3.8) is 0 Å². The Bertz CT molecular complexity index is 1620. The topological polar surface area (TPSA) is 134 Å². The number of carbonyl (C=O) groups is 3. The van der Waals surface area contributed by atoms with Crippen LogP contribution in [-0.2, 0) is 24.3 Å². The minimum Gasteiger partial charge on any atom is -0.462 e. The van der Waals surface area contributed by atoms with Gasteiger partial charge in [-0.2, -0.15) is 0 Å². The van der Waals surface area contributed by atoms with Crippen molar-refractivity contribution in [2.45, 2.75) is 111 Å². The van der Waals surface area contributed by atoms with E-state index in [0.29, 0.717) is 44.6 Å². The summed E-state index contributed by atoms with van der Waals surface area (Å²) >= 11 is 6.45. The van der Waals surface area contributed by atoms with Crippen LogP contribution in [0, 0.1) is 12.3 Å². The highest BCUT2D eigenvalue weighted by atomic mass is 35.5. The standard InChI is InChI=1S/C39H57ClN4O6S/c1-6-9-10-11-12-13-14-15-16-17-26-50-38(47)30-18-20-32(40)34(28-30)43-37(46)35(36(45)39(7-2)22-23-39)42-33-21-19-31(27-29(33)4)44(8-3)25-24-41-51(5,48)49/h18-21,27-28,41H,6-17,22-26H2,1-5H3,(H,43,46). The molecule has 0 heterocycles. The predicted molar refractivity (Wildman–Crippen MR) is 208 cm³/mol. The van der Waals surface area contributed by atoms with Crippen LogP contribution in [0.3, 0.4) is 0 Å². The number of amides is 1. The van der Waals surface area contributed by atoms with Gasteiger partial charge in [-0.25, -0.2) is 22.9 Å². The van der Waals surface area contributed by atoms with Gasteiger partial charge in [0.1, 0.15) is 0 Å². The number of nitrogens with zero attached hydrogens (tertiary/aromatic N) is 2. The largest absolute Gasteiger partial charge is 0.462 e. The Kier molecular flexibility index (Phi) is 17.1. The Morgan fingerprint density at radius 2 is 1.57 bits per heavy atom. The number of rotatable bonds is 24. The number of halogens is 1. The number of nitrogens with one attached hydrogen (secondary N) is 2. The number of hydrogen-bond acceptors (Lipinski definition) is 8. The maximum absolute atomic E-state index is 13.8. The number of ether oxygens (including phenoxy) is 1. The van der Waals surface area contributed by atoms with Gasteiger partial charge in [-0.05, 0) is 81.5 Å². The van der Waals surface area contributed by atoms with E-state index in [9.17, 15) is 22.8 Å². The molecule has 1 amide bonds. The van der Waals surface area contributed by atoms with Crippen LogP contribution in [0.25, 0.3) is 0 Å². The molecular weight excluding hydrogens is 688 g/mol. The SMILES string of the molecule is CCCCCCCCCCCCOC(=O)c1ccc(Cl)c(NC(=O)C(=Nc2ccc(N(CC)CCNS(C)(=O)=O)cc2C)C(=O)C2(CC)CC2)c1. The number of carbonyl (C=O) groups excluding carboxylic acids is 3. The first kappa shape index (κ1) is 42.1. The van der Waals surface area contributed by atoms with Crippen molar-refractivity contribution in [1.29, 1.82) is 0 Å². The second-order valence-electron chi connectivity index (χ2n) is 13.6. The van der Waals surface area contributed by atoms with Gasteiger partial charge in [0.25, 0.3) is 5.91 Å². The van der Waals surface area contributed by atoms with Crippen LogP contribution in [0.15, 0.2) is 41.4 Å². The fourth-order valence-electron chi connectivity index (χ4n) is 6.03. The van der Waals surface area contributed by atoms with Gasteiger partial charge in [0.15, 0.2) is 11.5 Å². The summed E-state index contributed by atoms with van der Waals surface area (Å²) in [6, 6.07) is 10.0. The molecule has 0 saturated heterocycles. The number of unbranched alkanes of at least 4 members (excludes halogenated alkanes) is 9. The van der Waals surface area contributed by atoms with Gasteiger partial charge in [0, 0.05) is 30.7 Å². The van der Waals surface area contributed by atoms with Crippen molar-refractivity contribution in [1.82, 2.24) is 4.72 Å². The second kappa shape index (κ2) is 20.7. The molecule has 0 aromatic heterocycles. The van der Waals surface area contributed by atoms with Gasteiger partial charge >= 0.3 is 5.97 Å². The van der Waals surface area contributed by atoms with Gasteiger partial charge in [-0.1, -0.05) is 83.2 Å². The van der Waals surface area contributed by atoms with Crippen molar-refractivity contribution < 1.29 is 27.5 Å². The summed E-state index contributed by atoms with van der Waals surface area (Å²) in [5.41, 5.74) is 1.65. The zero-order chi connectivity index (χ0) is 37.4. The van der Waals surface area contributed by atoms with Gasteiger partial charge in [-0.3, -0.25) is 9.59 Å². The molecule has 282 valence electrons. The number of anilines is 2. The van der Waals surface area contributed by atoms with Crippen molar-refractivity contribution in [2.24, 2.45) is 10.4 Å². The quantitative estimate of drug-likeness (QED) is 0.0476. The highest BCUT2D eigenvalue weighted by Gasteiger charge is 2.50. The minimum absolute atomic E-state index is 0.185. The molecule has 0 bridgehead atoms. The third kappa shape index (κ3) is 13.7. The van der Waals surface area contributed by atoms with Crippen molar-refractivity contribution in [3.05, 3.63) is 52.5 Å². The molecule has 0 unspecified atom stereocenters. The van der Waals surface area contributed by atoms with E-state index in [-0.39, 0.29) is 34.3 Å². The fraction of sp³-hybridized carbons (Fsp3) is 0.590. The lowest BCUT2D eigenvalue weighted by molar-refractivity contribution is -0.119. The Labute approximate surface area is 310 Å². The maximum atomic E-state index is 13.8. The van der Waals surface area contributed by atoms with Crippen LogP contribution in [-0.4, -0.2) is 64.3 Å². The molecule has 0 spiro atoms. The Balaban J connectivity index is 1.69. The van der Waals surface area contributed by atoms with E-state index in [0.717, 1.165) is 36.8 Å². The third-order valence-corrected chi connectivity index (χ3v) is 10.6. The summed E-state index contributed by atoms with van der Waals surface area (Å²) < 4.78 is 31.0. The average molecular weight is 745 g/mol. The third-order valence-electron chi connectivity index (χ3n) is 9.53. The zero-order valence-electron chi connectivity index (χ0n) is 31.1. The predicted octanol–water partition coefficient (Wildman–Crippen LogP) is 8.57. The summed E-state index contributed by atoms with van der Waals surface area (Å²) in [5.74, 6) is -1.53. The molecule has 1 aliphatic rings. The van der Waals surface area contributed by atoms with E-state index in [1.165, 1.54) is 57.1 Å². The molecule has 1 aliphatic carbocycles. The second-order valence-corrected chi connectivity index (χ2v) is 15.8. The normalized spacial score (nSPS) is 13.9. The lowest BCUT2D eigenvalue weighted by Crippen LogP contribution is -2.35. The van der Waals surface area contributed by atoms with Crippen LogP contribution in [0.1, 0.15) is 120 Å². The Hall–Kier alpha value is -3.28. The highest BCUT2D eigenvalue weighted by molar-refractivity contribution is 7.88. The van der Waals surface area contributed by atoms with Crippen LogP contribution >= 0.6 is 11.6 Å². The summed E-state index contributed by atoms with van der Waals surface area (Å²) in [6.07, 6.45) is 14.9. The lowest BCUT2D eigenvalue weighted by Gasteiger charge is -2.24. The summed E-state index contributed by atoms with van der Waals surface area (Å²) in [6.45, 7) is 9.65. The number of likely N-dealkylation sites (N-methyl/N-ethyl adjacent to an activating group) is 1. The van der Waals surface area contributed by atoms with E-state index in [2.05, 4.69) is 22.0 Å². The molecule has 12 heteroatoms. The molecule has 0 aliphatic heterocycles. The van der Waals surface area contributed by atoms with Crippen molar-refractivity contribution >= 4 is 62.1 Å². The first-order chi connectivity index (χ1) is 24.3. The first-order valence-electron chi connectivity index (χ1n) is 18.6. The molecule has 0 atom stereocenters. The molecule has 3 rings (SSSR count). The molecular formula is C39H57ClN4O6S. The van der Waals surface area contributed by atoms with Gasteiger partial charge in [0.2, 0.25) is 10.0 Å². The summed E-state index contributed by atoms with van der Waals surface area (Å²) in [4.78, 5) is 47.1. The van der Waals surface area contributed by atoms with E-state index in [1.54, 1.807) is 12.1 Å². The number of sulfonamides is 1.